The average Bonchev–Trinajstić information content (AvgIpc) is 2.68. The summed E-state index contributed by atoms with van der Waals surface area (Å²) in [5.74, 6) is 1.54. The van der Waals surface area contributed by atoms with Crippen LogP contribution in [0.5, 0.6) is 0 Å². The van der Waals surface area contributed by atoms with Crippen LogP contribution in [-0.4, -0.2) is 14.5 Å². The number of rotatable bonds is 2. The van der Waals surface area contributed by atoms with Crippen LogP contribution in [0, 0.1) is 5.92 Å². The Hall–Kier alpha value is -0.800. The fourth-order valence-corrected chi connectivity index (χ4v) is 3.75. The standard InChI is InChI=1S/C16H21Cl2N3/c1-10-6-4-3-5-7-14(10)21-15(11(2)17)20-13-8-12(18)9-19-16(13)21/h8-11,14H,3-7H2,1-2H3. The van der Waals surface area contributed by atoms with E-state index in [2.05, 4.69) is 16.5 Å². The number of fused-ring (bicyclic) bond motifs is 1. The Labute approximate surface area is 135 Å². The van der Waals surface area contributed by atoms with Crippen molar-refractivity contribution in [3.63, 3.8) is 0 Å². The third-order valence-electron chi connectivity index (χ3n) is 4.53. The van der Waals surface area contributed by atoms with Crippen LogP contribution in [0.25, 0.3) is 11.2 Å². The lowest BCUT2D eigenvalue weighted by atomic mass is 9.96. The van der Waals surface area contributed by atoms with Crippen molar-refractivity contribution in [1.29, 1.82) is 0 Å². The van der Waals surface area contributed by atoms with Crippen LogP contribution in [0.1, 0.15) is 63.2 Å². The van der Waals surface area contributed by atoms with E-state index in [4.69, 9.17) is 28.2 Å². The lowest BCUT2D eigenvalue weighted by Gasteiger charge is -2.26. The first kappa shape index (κ1) is 15.1. The molecule has 3 unspecified atom stereocenters. The summed E-state index contributed by atoms with van der Waals surface area (Å²) in [5, 5.41) is 0.489. The first-order valence-corrected chi connectivity index (χ1v) is 8.57. The fraction of sp³-hybridized carbons (Fsp3) is 0.625. The third-order valence-corrected chi connectivity index (χ3v) is 4.93. The molecule has 3 nitrogen and oxygen atoms in total. The lowest BCUT2D eigenvalue weighted by Crippen LogP contribution is -2.19. The molecular weight excluding hydrogens is 305 g/mol. The van der Waals surface area contributed by atoms with Gasteiger partial charge in [0.2, 0.25) is 0 Å². The molecule has 1 aliphatic rings. The molecule has 1 fully saturated rings. The molecule has 3 rings (SSSR count). The molecule has 21 heavy (non-hydrogen) atoms. The minimum absolute atomic E-state index is 0.131. The van der Waals surface area contributed by atoms with Gasteiger partial charge in [0.15, 0.2) is 5.65 Å². The molecule has 0 saturated heterocycles. The van der Waals surface area contributed by atoms with Gasteiger partial charge in [-0.15, -0.1) is 11.6 Å². The van der Waals surface area contributed by atoms with Gasteiger partial charge in [-0.25, -0.2) is 9.97 Å². The second kappa shape index (κ2) is 6.13. The number of hydrogen-bond donors (Lipinski definition) is 0. The molecule has 1 saturated carbocycles. The minimum atomic E-state index is -0.131. The third kappa shape index (κ3) is 2.91. The summed E-state index contributed by atoms with van der Waals surface area (Å²) in [6.07, 6.45) is 8.03. The molecular formula is C16H21Cl2N3. The minimum Gasteiger partial charge on any atom is -0.308 e. The molecule has 3 atom stereocenters. The first-order valence-electron chi connectivity index (χ1n) is 7.75. The molecule has 5 heteroatoms. The summed E-state index contributed by atoms with van der Waals surface area (Å²) in [6, 6.07) is 2.31. The number of nitrogens with zero attached hydrogens (tertiary/aromatic N) is 3. The van der Waals surface area contributed by atoms with E-state index in [0.717, 1.165) is 17.0 Å². The second-order valence-corrected chi connectivity index (χ2v) is 7.23. The fourth-order valence-electron chi connectivity index (χ4n) is 3.44. The average molecular weight is 326 g/mol. The van der Waals surface area contributed by atoms with Gasteiger partial charge in [-0.3, -0.25) is 0 Å². The van der Waals surface area contributed by atoms with Crippen molar-refractivity contribution in [3.8, 4) is 0 Å². The van der Waals surface area contributed by atoms with Crippen LogP contribution >= 0.6 is 23.2 Å². The van der Waals surface area contributed by atoms with E-state index in [0.29, 0.717) is 17.0 Å². The number of hydrogen-bond acceptors (Lipinski definition) is 2. The van der Waals surface area contributed by atoms with Gasteiger partial charge in [0, 0.05) is 12.2 Å². The highest BCUT2D eigenvalue weighted by molar-refractivity contribution is 6.31. The monoisotopic (exact) mass is 325 g/mol. The van der Waals surface area contributed by atoms with Crippen molar-refractivity contribution in [2.75, 3.05) is 0 Å². The quantitative estimate of drug-likeness (QED) is 0.537. The SMILES string of the molecule is CC(Cl)c1nc2cc(Cl)cnc2n1C1CCCCCC1C. The van der Waals surface area contributed by atoms with Crippen LogP contribution in [0.15, 0.2) is 12.3 Å². The highest BCUT2D eigenvalue weighted by Gasteiger charge is 2.27. The summed E-state index contributed by atoms with van der Waals surface area (Å²) in [6.45, 7) is 4.31. The molecule has 0 amide bonds. The first-order chi connectivity index (χ1) is 10.1. The molecule has 114 valence electrons. The highest BCUT2D eigenvalue weighted by atomic mass is 35.5. The zero-order valence-corrected chi connectivity index (χ0v) is 14.0. The molecule has 0 aromatic carbocycles. The van der Waals surface area contributed by atoms with Crippen LogP contribution in [0.2, 0.25) is 5.02 Å². The van der Waals surface area contributed by atoms with Gasteiger partial charge < -0.3 is 4.57 Å². The lowest BCUT2D eigenvalue weighted by molar-refractivity contribution is 0.331. The highest BCUT2D eigenvalue weighted by Crippen LogP contribution is 2.37. The summed E-state index contributed by atoms with van der Waals surface area (Å²) in [4.78, 5) is 9.23. The number of imidazole rings is 1. The largest absolute Gasteiger partial charge is 0.308 e. The van der Waals surface area contributed by atoms with Gasteiger partial charge in [-0.2, -0.15) is 0 Å². The zero-order chi connectivity index (χ0) is 15.0. The normalized spacial score (nSPS) is 25.0. The van der Waals surface area contributed by atoms with Crippen molar-refractivity contribution >= 4 is 34.4 Å². The van der Waals surface area contributed by atoms with Crippen molar-refractivity contribution in [3.05, 3.63) is 23.1 Å². The van der Waals surface area contributed by atoms with E-state index < -0.39 is 0 Å². The number of aromatic nitrogens is 3. The van der Waals surface area contributed by atoms with Gasteiger partial charge in [-0.05, 0) is 31.7 Å². The van der Waals surface area contributed by atoms with Gasteiger partial charge in [0.1, 0.15) is 11.3 Å². The maximum absolute atomic E-state index is 6.38. The summed E-state index contributed by atoms with van der Waals surface area (Å²) >= 11 is 12.4. The number of halogens is 2. The molecule has 0 N–H and O–H groups in total. The molecule has 0 radical (unpaired) electrons. The van der Waals surface area contributed by atoms with Crippen molar-refractivity contribution < 1.29 is 0 Å². The van der Waals surface area contributed by atoms with Gasteiger partial charge in [0.25, 0.3) is 0 Å². The van der Waals surface area contributed by atoms with E-state index in [1.807, 2.05) is 13.0 Å². The van der Waals surface area contributed by atoms with Gasteiger partial charge >= 0.3 is 0 Å². The summed E-state index contributed by atoms with van der Waals surface area (Å²) in [5.41, 5.74) is 1.77. The Morgan fingerprint density at radius 2 is 2.05 bits per heavy atom. The van der Waals surface area contributed by atoms with E-state index in [1.54, 1.807) is 6.20 Å². The Bertz CT molecular complexity index is 636. The Morgan fingerprint density at radius 3 is 2.81 bits per heavy atom. The van der Waals surface area contributed by atoms with Crippen molar-refractivity contribution in [1.82, 2.24) is 14.5 Å². The van der Waals surface area contributed by atoms with E-state index in [9.17, 15) is 0 Å². The van der Waals surface area contributed by atoms with Crippen LogP contribution in [0.3, 0.4) is 0 Å². The molecule has 2 aromatic heterocycles. The molecule has 2 heterocycles. The number of pyridine rings is 1. The van der Waals surface area contributed by atoms with E-state index >= 15 is 0 Å². The van der Waals surface area contributed by atoms with Gasteiger partial charge in [0.05, 0.1) is 10.4 Å². The number of alkyl halides is 1. The van der Waals surface area contributed by atoms with Crippen LogP contribution < -0.4 is 0 Å². The molecule has 1 aliphatic carbocycles. The predicted molar refractivity (Wildman–Crippen MR) is 88.1 cm³/mol. The molecule has 0 aliphatic heterocycles. The topological polar surface area (TPSA) is 30.7 Å². The van der Waals surface area contributed by atoms with Crippen LogP contribution in [0.4, 0.5) is 0 Å². The second-order valence-electron chi connectivity index (χ2n) is 6.13. The maximum atomic E-state index is 6.38. The van der Waals surface area contributed by atoms with Crippen molar-refractivity contribution in [2.24, 2.45) is 5.92 Å². The maximum Gasteiger partial charge on any atom is 0.160 e. The summed E-state index contributed by atoms with van der Waals surface area (Å²) in [7, 11) is 0. The zero-order valence-electron chi connectivity index (χ0n) is 12.5. The Morgan fingerprint density at radius 1 is 1.29 bits per heavy atom. The molecule has 0 bridgehead atoms. The Balaban J connectivity index is 2.16. The Kier molecular flexibility index (Phi) is 4.41. The molecule has 2 aromatic rings. The van der Waals surface area contributed by atoms with Crippen LogP contribution in [-0.2, 0) is 0 Å². The van der Waals surface area contributed by atoms with E-state index in [-0.39, 0.29) is 5.38 Å². The smallest absolute Gasteiger partial charge is 0.160 e. The summed E-state index contributed by atoms with van der Waals surface area (Å²) < 4.78 is 2.28. The molecule has 0 spiro atoms. The van der Waals surface area contributed by atoms with Crippen molar-refractivity contribution in [2.45, 2.75) is 57.4 Å². The predicted octanol–water partition coefficient (Wildman–Crippen LogP) is 5.53. The van der Waals surface area contributed by atoms with Gasteiger partial charge in [-0.1, -0.05) is 37.8 Å². The van der Waals surface area contributed by atoms with E-state index in [1.165, 1.54) is 32.1 Å².